The van der Waals surface area contributed by atoms with Crippen molar-refractivity contribution in [3.8, 4) is 0 Å². The number of hydrogen-bond acceptors (Lipinski definition) is 15. The first-order valence-electron chi connectivity index (χ1n) is 24.0. The number of primary amides is 3. The van der Waals surface area contributed by atoms with Gasteiger partial charge < -0.3 is 87.1 Å². The Labute approximate surface area is 427 Å². The molecule has 11 amide bonds. The molecule has 0 aromatic rings. The van der Waals surface area contributed by atoms with Crippen LogP contribution in [0, 0.1) is 17.8 Å². The van der Waals surface area contributed by atoms with Crippen LogP contribution >= 0.6 is 0 Å². The third-order valence-corrected chi connectivity index (χ3v) is 11.5. The molecule has 0 aliphatic heterocycles. The van der Waals surface area contributed by atoms with Crippen LogP contribution in [-0.4, -0.2) is 155 Å². The van der Waals surface area contributed by atoms with Crippen LogP contribution < -0.4 is 76.9 Å². The molecule has 0 heterocycles. The van der Waals surface area contributed by atoms with Crippen LogP contribution in [-0.2, 0) is 62.3 Å². The molecule has 0 fully saturated rings. The molecule has 30 nitrogen and oxygen atoms in total. The van der Waals surface area contributed by atoms with E-state index in [9.17, 15) is 72.5 Å². The van der Waals surface area contributed by atoms with Gasteiger partial charge in [-0.25, -0.2) is 4.79 Å². The summed E-state index contributed by atoms with van der Waals surface area (Å²) in [6, 6.07) is -12.0. The highest BCUT2D eigenvalue weighted by molar-refractivity contribution is 5.99. The van der Waals surface area contributed by atoms with Gasteiger partial charge in [0, 0.05) is 25.8 Å². The van der Waals surface area contributed by atoms with Crippen LogP contribution in [0.3, 0.4) is 0 Å². The van der Waals surface area contributed by atoms with Crippen LogP contribution in [0.1, 0.15) is 112 Å². The second kappa shape index (κ2) is 33.9. The SMILES string of the molecule is CC[C@H](C)[C@H](N)C(=O)N[C@@H](CCC(N)=O)C(=O)N[C@H](C(=O)N[C@H](C(=O)N[C@@H](CCC(N)=O)C(=O)N[C@@H](CC(N)=O)C(=O)N[C@@H](CCC(=O)O)C(=O)NCC(=O)N[C@@H](CCCN=C(N)N)C(=O)O)C(C)C)[C@@H](C)CC. The number of amides is 11. The average molecular weight is 1060 g/mol. The molecular formula is C44H77N15O15. The molecule has 0 saturated heterocycles. The van der Waals surface area contributed by atoms with Crippen LogP contribution in [0.25, 0.3) is 0 Å². The van der Waals surface area contributed by atoms with E-state index in [4.69, 9.17) is 34.4 Å². The van der Waals surface area contributed by atoms with Crippen molar-refractivity contribution in [1.82, 2.24) is 42.5 Å². The van der Waals surface area contributed by atoms with E-state index >= 15 is 0 Å². The standard InChI is InChI=1S/C44H77N15O15/c1-7-21(5)33(48)40(70)55-25(12-15-29(46)61)38(68)59-35(22(6)8-2)42(72)58-34(20(3)4)41(71)56-24(11-14-28(45)60)37(67)57-27(18-30(47)62)39(69)54-23(13-16-32(64)65)36(66)52-19-31(63)53-26(43(73)74)10-9-17-51-44(49)50/h20-27,33-35H,7-19,48H2,1-6H3,(H2,45,60)(H2,46,61)(H2,47,62)(H,52,66)(H,53,63)(H,54,69)(H,55,70)(H,56,71)(H,57,67)(H,58,72)(H,59,68)(H,64,65)(H,73,74)(H4,49,50,51)/t21-,22-,23-,24-,25-,26-,27-,33-,34-,35-/m0/s1. The third-order valence-electron chi connectivity index (χ3n) is 11.5. The van der Waals surface area contributed by atoms with Gasteiger partial charge in [-0.05, 0) is 49.9 Å². The Morgan fingerprint density at radius 2 is 0.932 bits per heavy atom. The van der Waals surface area contributed by atoms with Gasteiger partial charge in [0.1, 0.15) is 42.3 Å². The van der Waals surface area contributed by atoms with E-state index in [1.165, 1.54) is 13.8 Å². The lowest BCUT2D eigenvalue weighted by Gasteiger charge is -2.30. The topological polar surface area (TPSA) is 527 Å². The molecule has 30 heteroatoms. The maximum Gasteiger partial charge on any atom is 0.326 e. The van der Waals surface area contributed by atoms with Crippen molar-refractivity contribution in [3.05, 3.63) is 0 Å². The normalized spacial score (nSPS) is 15.0. The minimum Gasteiger partial charge on any atom is -0.481 e. The monoisotopic (exact) mass is 1060 g/mol. The first kappa shape index (κ1) is 66.3. The van der Waals surface area contributed by atoms with Gasteiger partial charge in [0.2, 0.25) is 65.0 Å². The fourth-order valence-electron chi connectivity index (χ4n) is 6.68. The molecule has 0 unspecified atom stereocenters. The van der Waals surface area contributed by atoms with Gasteiger partial charge in [0.25, 0.3) is 0 Å². The molecule has 0 bridgehead atoms. The Morgan fingerprint density at radius 3 is 1.41 bits per heavy atom. The molecule has 0 aliphatic carbocycles. The molecule has 0 aromatic carbocycles. The summed E-state index contributed by atoms with van der Waals surface area (Å²) in [5, 5.41) is 37.7. The molecule has 74 heavy (non-hydrogen) atoms. The van der Waals surface area contributed by atoms with Crippen molar-refractivity contribution < 1.29 is 72.5 Å². The van der Waals surface area contributed by atoms with Crippen LogP contribution in [0.2, 0.25) is 0 Å². The molecule has 0 aromatic heterocycles. The first-order chi connectivity index (χ1) is 34.4. The summed E-state index contributed by atoms with van der Waals surface area (Å²) in [5.41, 5.74) is 32.6. The van der Waals surface area contributed by atoms with E-state index in [1.54, 1.807) is 20.8 Å². The number of carbonyl (C=O) groups is 13. The number of hydrogen-bond donors (Lipinski definition) is 16. The van der Waals surface area contributed by atoms with Gasteiger partial charge >= 0.3 is 11.9 Å². The zero-order valence-corrected chi connectivity index (χ0v) is 42.7. The zero-order valence-electron chi connectivity index (χ0n) is 42.7. The maximum absolute atomic E-state index is 14.0. The number of carboxylic acid groups (broad SMARTS) is 2. The van der Waals surface area contributed by atoms with E-state index < -0.39 is 176 Å². The second-order valence-corrected chi connectivity index (χ2v) is 18.0. The fraction of sp³-hybridized carbons (Fsp3) is 0.682. The van der Waals surface area contributed by atoms with Crippen LogP contribution in [0.4, 0.5) is 0 Å². The van der Waals surface area contributed by atoms with Crippen LogP contribution in [0.15, 0.2) is 4.99 Å². The van der Waals surface area contributed by atoms with Gasteiger partial charge in [0.05, 0.1) is 19.0 Å². The smallest absolute Gasteiger partial charge is 0.326 e. The van der Waals surface area contributed by atoms with Crippen LogP contribution in [0.5, 0.6) is 0 Å². The summed E-state index contributed by atoms with van der Waals surface area (Å²) in [6.45, 7) is 9.13. The highest BCUT2D eigenvalue weighted by atomic mass is 16.4. The van der Waals surface area contributed by atoms with Gasteiger partial charge in [-0.2, -0.15) is 0 Å². The summed E-state index contributed by atoms with van der Waals surface area (Å²) in [6.07, 6.45) is -2.98. The Kier molecular flexibility index (Phi) is 30.4. The van der Waals surface area contributed by atoms with E-state index in [2.05, 4.69) is 47.5 Å². The van der Waals surface area contributed by atoms with E-state index in [1.807, 2.05) is 6.92 Å². The molecule has 0 rings (SSSR count). The van der Waals surface area contributed by atoms with Crippen molar-refractivity contribution in [2.45, 2.75) is 161 Å². The largest absolute Gasteiger partial charge is 0.481 e. The fourth-order valence-corrected chi connectivity index (χ4v) is 6.68. The summed E-state index contributed by atoms with van der Waals surface area (Å²) in [7, 11) is 0. The van der Waals surface area contributed by atoms with Crippen molar-refractivity contribution in [2.24, 2.45) is 57.1 Å². The van der Waals surface area contributed by atoms with E-state index in [0.29, 0.717) is 12.8 Å². The average Bonchev–Trinajstić information content (AvgIpc) is 3.31. The van der Waals surface area contributed by atoms with E-state index in [-0.39, 0.29) is 44.1 Å². The third kappa shape index (κ3) is 26.2. The number of aliphatic imine (C=N–C) groups is 1. The quantitative estimate of drug-likeness (QED) is 0.0156. The number of nitrogens with one attached hydrogen (secondary N) is 8. The number of guanidine groups is 1. The maximum atomic E-state index is 14.0. The van der Waals surface area contributed by atoms with Crippen molar-refractivity contribution in [3.63, 3.8) is 0 Å². The summed E-state index contributed by atoms with van der Waals surface area (Å²) < 4.78 is 0. The summed E-state index contributed by atoms with van der Waals surface area (Å²) in [4.78, 5) is 171. The van der Waals surface area contributed by atoms with Crippen molar-refractivity contribution in [2.75, 3.05) is 13.1 Å². The van der Waals surface area contributed by atoms with Gasteiger partial charge in [-0.1, -0.05) is 54.4 Å². The predicted molar refractivity (Wildman–Crippen MR) is 263 cm³/mol. The lowest BCUT2D eigenvalue weighted by molar-refractivity contribution is -0.142. The molecule has 22 N–H and O–H groups in total. The van der Waals surface area contributed by atoms with Gasteiger partial charge in [0.15, 0.2) is 5.96 Å². The summed E-state index contributed by atoms with van der Waals surface area (Å²) >= 11 is 0. The highest BCUT2D eigenvalue weighted by Gasteiger charge is 2.37. The summed E-state index contributed by atoms with van der Waals surface area (Å²) in [5.74, 6) is -15.6. The molecule has 0 saturated carbocycles. The minimum atomic E-state index is -1.92. The number of carbonyl (C=O) groups excluding carboxylic acids is 11. The molecule has 418 valence electrons. The molecule has 0 radical (unpaired) electrons. The van der Waals surface area contributed by atoms with Gasteiger partial charge in [-0.3, -0.25) is 62.5 Å². The molecular weight excluding hydrogens is 979 g/mol. The first-order valence-corrected chi connectivity index (χ1v) is 24.0. The second-order valence-electron chi connectivity index (χ2n) is 18.0. The molecule has 10 atom stereocenters. The lowest BCUT2D eigenvalue weighted by Crippen LogP contribution is -2.62. The Hall–Kier alpha value is -7.66. The number of nitrogens with zero attached hydrogens (tertiary/aromatic N) is 1. The molecule has 0 spiro atoms. The predicted octanol–water partition coefficient (Wildman–Crippen LogP) is -6.02. The number of aliphatic carboxylic acids is 2. The highest BCUT2D eigenvalue weighted by Crippen LogP contribution is 2.14. The Bertz CT molecular complexity index is 2030. The Balaban J connectivity index is 6.53. The molecule has 0 aliphatic rings. The lowest BCUT2D eigenvalue weighted by atomic mass is 9.95. The van der Waals surface area contributed by atoms with E-state index in [0.717, 1.165) is 0 Å². The Morgan fingerprint density at radius 1 is 0.486 bits per heavy atom. The minimum absolute atomic E-state index is 0.0513. The van der Waals surface area contributed by atoms with Gasteiger partial charge in [-0.15, -0.1) is 0 Å². The number of nitrogens with two attached hydrogens (primary N) is 6. The number of carboxylic acids is 2. The van der Waals surface area contributed by atoms with Crippen molar-refractivity contribution in [1.29, 1.82) is 0 Å². The van der Waals surface area contributed by atoms with Crippen molar-refractivity contribution >= 4 is 82.9 Å². The number of rotatable bonds is 37. The zero-order chi connectivity index (χ0) is 57.0.